The molecule has 3 aromatic rings. The lowest BCUT2D eigenvalue weighted by molar-refractivity contribution is 0.341. The first-order chi connectivity index (χ1) is 12.2. The van der Waals surface area contributed by atoms with Crippen molar-refractivity contribution in [1.82, 2.24) is 9.97 Å². The lowest BCUT2D eigenvalue weighted by Gasteiger charge is -2.27. The van der Waals surface area contributed by atoms with Crippen molar-refractivity contribution in [2.45, 2.75) is 45.6 Å². The molecule has 5 heteroatoms. The van der Waals surface area contributed by atoms with E-state index in [0.717, 1.165) is 39.0 Å². The Labute approximate surface area is 152 Å². The van der Waals surface area contributed by atoms with Crippen molar-refractivity contribution in [3.63, 3.8) is 0 Å². The topological polar surface area (TPSA) is 49.9 Å². The zero-order valence-corrected chi connectivity index (χ0v) is 15.7. The number of hydrogen-bond acceptors (Lipinski definition) is 4. The zero-order valence-electron chi connectivity index (χ0n) is 14.8. The van der Waals surface area contributed by atoms with E-state index in [1.54, 1.807) is 11.3 Å². The average molecular weight is 356 g/mol. The number of H-pyrrole nitrogens is 1. The molecule has 25 heavy (non-hydrogen) atoms. The van der Waals surface area contributed by atoms with Crippen LogP contribution in [0.3, 0.4) is 0 Å². The minimum absolute atomic E-state index is 0.565. The molecule has 2 heterocycles. The quantitative estimate of drug-likeness (QED) is 0.619. The van der Waals surface area contributed by atoms with Crippen molar-refractivity contribution in [2.24, 2.45) is 5.92 Å². The summed E-state index contributed by atoms with van der Waals surface area (Å²) in [5.41, 5.74) is 3.27. The van der Waals surface area contributed by atoms with Gasteiger partial charge in [0, 0.05) is 34.1 Å². The molecule has 2 atom stereocenters. The number of ether oxygens (including phenoxy) is 1. The third-order valence-corrected chi connectivity index (χ3v) is 5.78. The summed E-state index contributed by atoms with van der Waals surface area (Å²) in [5, 5.41) is 7.98. The van der Waals surface area contributed by atoms with Gasteiger partial charge in [-0.2, -0.15) is 0 Å². The van der Waals surface area contributed by atoms with Crippen LogP contribution in [-0.4, -0.2) is 22.6 Å². The second-order valence-electron chi connectivity index (χ2n) is 6.99. The van der Waals surface area contributed by atoms with Crippen LogP contribution in [0.25, 0.3) is 22.2 Å². The number of thiazole rings is 1. The number of nitrogens with one attached hydrogen (secondary N) is 2. The van der Waals surface area contributed by atoms with Crippen LogP contribution in [-0.2, 0) is 0 Å². The van der Waals surface area contributed by atoms with E-state index in [9.17, 15) is 0 Å². The maximum atomic E-state index is 5.65. The molecule has 0 aliphatic heterocycles. The highest BCUT2D eigenvalue weighted by Gasteiger charge is 2.20. The minimum atomic E-state index is 0.565. The molecule has 1 aromatic carbocycles. The molecule has 0 bridgehead atoms. The molecule has 1 aliphatic rings. The van der Waals surface area contributed by atoms with E-state index in [1.165, 1.54) is 25.7 Å². The molecule has 4 nitrogen and oxygen atoms in total. The number of nitrogens with zero attached hydrogens (tertiary/aromatic N) is 1. The van der Waals surface area contributed by atoms with Gasteiger partial charge in [-0.05, 0) is 43.9 Å². The van der Waals surface area contributed by atoms with Gasteiger partial charge in [0.1, 0.15) is 5.75 Å². The van der Waals surface area contributed by atoms with Crippen molar-refractivity contribution < 1.29 is 4.74 Å². The fourth-order valence-corrected chi connectivity index (χ4v) is 4.56. The van der Waals surface area contributed by atoms with E-state index in [1.807, 2.05) is 19.2 Å². The van der Waals surface area contributed by atoms with Gasteiger partial charge in [0.05, 0.1) is 12.3 Å². The second kappa shape index (κ2) is 7.08. The highest BCUT2D eigenvalue weighted by Crippen LogP contribution is 2.34. The number of fused-ring (bicyclic) bond motifs is 1. The average Bonchev–Trinajstić information content (AvgIpc) is 3.21. The fourth-order valence-electron chi connectivity index (χ4n) is 3.77. The molecular weight excluding hydrogens is 330 g/mol. The van der Waals surface area contributed by atoms with Gasteiger partial charge in [-0.25, -0.2) is 4.98 Å². The van der Waals surface area contributed by atoms with E-state index in [-0.39, 0.29) is 0 Å². The summed E-state index contributed by atoms with van der Waals surface area (Å²) in [7, 11) is 0. The monoisotopic (exact) mass is 355 g/mol. The van der Waals surface area contributed by atoms with Gasteiger partial charge >= 0.3 is 0 Å². The van der Waals surface area contributed by atoms with Crippen LogP contribution in [0.4, 0.5) is 5.13 Å². The normalized spacial score (nSPS) is 20.7. The third-order valence-electron chi connectivity index (χ3n) is 5.01. The van der Waals surface area contributed by atoms with Crippen LogP contribution in [0.5, 0.6) is 5.75 Å². The van der Waals surface area contributed by atoms with Gasteiger partial charge in [0.15, 0.2) is 5.13 Å². The van der Waals surface area contributed by atoms with E-state index >= 15 is 0 Å². The number of hydrogen-bond donors (Lipinski definition) is 2. The maximum Gasteiger partial charge on any atom is 0.183 e. The van der Waals surface area contributed by atoms with Crippen molar-refractivity contribution in [1.29, 1.82) is 0 Å². The van der Waals surface area contributed by atoms with Crippen molar-refractivity contribution >= 4 is 27.4 Å². The Morgan fingerprint density at radius 2 is 2.28 bits per heavy atom. The van der Waals surface area contributed by atoms with Crippen LogP contribution in [0, 0.1) is 5.92 Å². The molecule has 0 spiro atoms. The summed E-state index contributed by atoms with van der Waals surface area (Å²) in [6.07, 6.45) is 7.23. The summed E-state index contributed by atoms with van der Waals surface area (Å²) in [5.74, 6) is 1.72. The molecular formula is C20H25N3OS. The van der Waals surface area contributed by atoms with Crippen molar-refractivity contribution in [3.8, 4) is 17.0 Å². The van der Waals surface area contributed by atoms with Gasteiger partial charge in [-0.1, -0.05) is 19.8 Å². The number of anilines is 1. The highest BCUT2D eigenvalue weighted by atomic mass is 32.1. The predicted octanol–water partition coefficient (Wildman–Crippen LogP) is 5.68. The first-order valence-electron chi connectivity index (χ1n) is 9.19. The fraction of sp³-hybridized carbons (Fsp3) is 0.450. The molecule has 1 aliphatic carbocycles. The first-order valence-corrected chi connectivity index (χ1v) is 10.1. The molecule has 1 saturated carbocycles. The van der Waals surface area contributed by atoms with Crippen LogP contribution in [0.15, 0.2) is 29.8 Å². The Morgan fingerprint density at radius 3 is 3.12 bits per heavy atom. The van der Waals surface area contributed by atoms with Gasteiger partial charge in [0.2, 0.25) is 0 Å². The summed E-state index contributed by atoms with van der Waals surface area (Å²) in [6, 6.07) is 6.73. The molecule has 0 radical (unpaired) electrons. The molecule has 0 saturated heterocycles. The summed E-state index contributed by atoms with van der Waals surface area (Å²) in [6.45, 7) is 5.03. The zero-order chi connectivity index (χ0) is 17.2. The minimum Gasteiger partial charge on any atom is -0.494 e. The van der Waals surface area contributed by atoms with Gasteiger partial charge in [0.25, 0.3) is 0 Å². The Kier molecular flexibility index (Phi) is 4.66. The van der Waals surface area contributed by atoms with Crippen LogP contribution < -0.4 is 10.1 Å². The molecule has 0 amide bonds. The van der Waals surface area contributed by atoms with E-state index < -0.39 is 0 Å². The highest BCUT2D eigenvalue weighted by molar-refractivity contribution is 7.14. The number of aromatic amines is 1. The Morgan fingerprint density at radius 1 is 1.36 bits per heavy atom. The number of benzene rings is 1. The number of aromatic nitrogens is 2. The standard InChI is InChI=1S/C20H25N3OS/c1-3-24-15-7-8-18-16(10-15)17(11-21-18)19-12-25-20(23-19)22-14-6-4-5-13(2)9-14/h7-8,10-14,21H,3-6,9H2,1-2H3,(H,22,23)/t13-,14-/m1/s1. The van der Waals surface area contributed by atoms with Crippen LogP contribution in [0.1, 0.15) is 39.5 Å². The summed E-state index contributed by atoms with van der Waals surface area (Å²) in [4.78, 5) is 8.19. The largest absolute Gasteiger partial charge is 0.494 e. The Hall–Kier alpha value is -2.01. The number of rotatable bonds is 5. The summed E-state index contributed by atoms with van der Waals surface area (Å²) < 4.78 is 5.65. The lowest BCUT2D eigenvalue weighted by atomic mass is 9.87. The maximum absolute atomic E-state index is 5.65. The van der Waals surface area contributed by atoms with Gasteiger partial charge in [-0.15, -0.1) is 11.3 Å². The van der Waals surface area contributed by atoms with E-state index in [4.69, 9.17) is 9.72 Å². The Bertz CT molecular complexity index is 854. The van der Waals surface area contributed by atoms with Crippen molar-refractivity contribution in [2.75, 3.05) is 11.9 Å². The second-order valence-corrected chi connectivity index (χ2v) is 7.85. The van der Waals surface area contributed by atoms with E-state index in [2.05, 4.69) is 34.7 Å². The lowest BCUT2D eigenvalue weighted by Crippen LogP contribution is -2.26. The first kappa shape index (κ1) is 16.5. The van der Waals surface area contributed by atoms with Gasteiger partial charge in [-0.3, -0.25) is 0 Å². The Balaban J connectivity index is 1.57. The van der Waals surface area contributed by atoms with Crippen molar-refractivity contribution in [3.05, 3.63) is 29.8 Å². The predicted molar refractivity (Wildman–Crippen MR) is 106 cm³/mol. The van der Waals surface area contributed by atoms with Gasteiger partial charge < -0.3 is 15.0 Å². The molecule has 4 rings (SSSR count). The SMILES string of the molecule is CCOc1ccc2[nH]cc(-c3csc(N[C@@H]4CCC[C@@H](C)C4)n3)c2c1. The molecule has 2 aromatic heterocycles. The third kappa shape index (κ3) is 3.52. The van der Waals surface area contributed by atoms with E-state index in [0.29, 0.717) is 12.6 Å². The molecule has 1 fully saturated rings. The summed E-state index contributed by atoms with van der Waals surface area (Å²) >= 11 is 1.70. The smallest absolute Gasteiger partial charge is 0.183 e. The molecule has 132 valence electrons. The van der Waals surface area contributed by atoms with Crippen LogP contribution >= 0.6 is 11.3 Å². The van der Waals surface area contributed by atoms with Crippen LogP contribution in [0.2, 0.25) is 0 Å². The molecule has 0 unspecified atom stereocenters. The molecule has 2 N–H and O–H groups in total.